The molecule has 4 heteroatoms. The molecule has 1 aromatic carbocycles. The average Bonchev–Trinajstić information content (AvgIpc) is 3.15. The predicted molar refractivity (Wildman–Crippen MR) is 87.8 cm³/mol. The van der Waals surface area contributed by atoms with Gasteiger partial charge in [0.05, 0.1) is 6.54 Å². The van der Waals surface area contributed by atoms with Crippen LogP contribution in [0.1, 0.15) is 17.4 Å². The van der Waals surface area contributed by atoms with E-state index in [1.807, 2.05) is 17.0 Å². The van der Waals surface area contributed by atoms with Crippen LogP contribution in [0.4, 0.5) is 5.69 Å². The molecule has 21 heavy (non-hydrogen) atoms. The molecule has 0 radical (unpaired) electrons. The van der Waals surface area contributed by atoms with E-state index < -0.39 is 0 Å². The fourth-order valence-corrected chi connectivity index (χ4v) is 3.52. The smallest absolute Gasteiger partial charge is 0.241 e. The molecule has 3 nitrogen and oxygen atoms in total. The number of fused-ring (bicyclic) bond motifs is 1. The molecule has 1 aliphatic rings. The monoisotopic (exact) mass is 300 g/mol. The molecule has 0 aliphatic carbocycles. The van der Waals surface area contributed by atoms with E-state index in [2.05, 4.69) is 41.5 Å². The molecule has 2 heterocycles. The lowest BCUT2D eigenvalue weighted by atomic mass is 10.2. The largest absolute Gasteiger partial charge is 0.311 e. The van der Waals surface area contributed by atoms with Crippen LogP contribution in [0.15, 0.2) is 41.8 Å². The van der Waals surface area contributed by atoms with Gasteiger partial charge in [-0.25, -0.2) is 0 Å². The van der Waals surface area contributed by atoms with Gasteiger partial charge in [-0.1, -0.05) is 31.2 Å². The van der Waals surface area contributed by atoms with Crippen molar-refractivity contribution < 1.29 is 4.79 Å². The maximum Gasteiger partial charge on any atom is 0.241 e. The fraction of sp³-hybridized carbons (Fsp3) is 0.353. The van der Waals surface area contributed by atoms with Gasteiger partial charge in [0.25, 0.3) is 0 Å². The highest BCUT2D eigenvalue weighted by molar-refractivity contribution is 7.09. The number of hydrogen-bond acceptors (Lipinski definition) is 3. The van der Waals surface area contributed by atoms with Crippen molar-refractivity contribution in [3.63, 3.8) is 0 Å². The molecule has 1 amide bonds. The van der Waals surface area contributed by atoms with Gasteiger partial charge in [0.2, 0.25) is 5.91 Å². The van der Waals surface area contributed by atoms with Gasteiger partial charge in [0, 0.05) is 23.7 Å². The lowest BCUT2D eigenvalue weighted by Crippen LogP contribution is -2.39. The highest BCUT2D eigenvalue weighted by Crippen LogP contribution is 2.27. The van der Waals surface area contributed by atoms with E-state index in [1.165, 1.54) is 10.4 Å². The molecule has 0 fully saturated rings. The summed E-state index contributed by atoms with van der Waals surface area (Å²) in [5.41, 5.74) is 2.38. The minimum absolute atomic E-state index is 0.207. The molecular formula is C17H20N2OS. The summed E-state index contributed by atoms with van der Waals surface area (Å²) in [5.74, 6) is 0.207. The standard InChI is InChI=1S/C17H20N2OS/c1-2-18(12-15-7-5-11-21-15)13-17(20)19-10-9-14-6-3-4-8-16(14)19/h3-8,11H,2,9-10,12-13H2,1H3. The minimum Gasteiger partial charge on any atom is -0.311 e. The van der Waals surface area contributed by atoms with Gasteiger partial charge in [0.1, 0.15) is 0 Å². The quantitative estimate of drug-likeness (QED) is 0.847. The number of likely N-dealkylation sites (N-methyl/N-ethyl adjacent to an activating group) is 1. The molecule has 1 aromatic heterocycles. The van der Waals surface area contributed by atoms with Crippen LogP contribution in [0.3, 0.4) is 0 Å². The van der Waals surface area contributed by atoms with Crippen LogP contribution in [0.5, 0.6) is 0 Å². The molecule has 2 aromatic rings. The van der Waals surface area contributed by atoms with E-state index in [1.54, 1.807) is 11.3 Å². The first-order valence-corrected chi connectivity index (χ1v) is 8.29. The van der Waals surface area contributed by atoms with Gasteiger partial charge in [-0.05, 0) is 36.0 Å². The van der Waals surface area contributed by atoms with Crippen molar-refractivity contribution in [2.45, 2.75) is 19.9 Å². The lowest BCUT2D eigenvalue weighted by Gasteiger charge is -2.23. The van der Waals surface area contributed by atoms with Crippen molar-refractivity contribution in [1.82, 2.24) is 4.90 Å². The minimum atomic E-state index is 0.207. The first-order valence-electron chi connectivity index (χ1n) is 7.41. The second-order valence-corrected chi connectivity index (χ2v) is 6.34. The van der Waals surface area contributed by atoms with E-state index in [0.717, 1.165) is 31.7 Å². The lowest BCUT2D eigenvalue weighted by molar-refractivity contribution is -0.119. The second kappa shape index (κ2) is 6.41. The number of benzene rings is 1. The third-order valence-corrected chi connectivity index (χ3v) is 4.81. The Kier molecular flexibility index (Phi) is 4.36. The third-order valence-electron chi connectivity index (χ3n) is 3.95. The molecule has 110 valence electrons. The van der Waals surface area contributed by atoms with Crippen LogP contribution < -0.4 is 4.90 Å². The Bertz CT molecular complexity index is 609. The van der Waals surface area contributed by atoms with E-state index >= 15 is 0 Å². The highest BCUT2D eigenvalue weighted by atomic mass is 32.1. The summed E-state index contributed by atoms with van der Waals surface area (Å²) < 4.78 is 0. The van der Waals surface area contributed by atoms with Crippen LogP contribution in [-0.2, 0) is 17.8 Å². The first-order chi connectivity index (χ1) is 10.3. The van der Waals surface area contributed by atoms with Gasteiger partial charge in [-0.15, -0.1) is 11.3 Å². The Morgan fingerprint density at radius 3 is 2.90 bits per heavy atom. The topological polar surface area (TPSA) is 23.6 Å². The zero-order chi connectivity index (χ0) is 14.7. The zero-order valence-corrected chi connectivity index (χ0v) is 13.1. The summed E-state index contributed by atoms with van der Waals surface area (Å²) in [6.45, 7) is 5.16. The SMILES string of the molecule is CCN(CC(=O)N1CCc2ccccc21)Cc1cccs1. The number of thiophene rings is 1. The number of carbonyl (C=O) groups excluding carboxylic acids is 1. The molecule has 0 bridgehead atoms. The van der Waals surface area contributed by atoms with Crippen LogP contribution in [-0.4, -0.2) is 30.4 Å². The van der Waals surface area contributed by atoms with Gasteiger partial charge < -0.3 is 4.90 Å². The number of amides is 1. The Morgan fingerprint density at radius 2 is 2.14 bits per heavy atom. The Morgan fingerprint density at radius 1 is 1.29 bits per heavy atom. The maximum absolute atomic E-state index is 12.6. The molecule has 3 rings (SSSR count). The molecular weight excluding hydrogens is 280 g/mol. The molecule has 0 unspecified atom stereocenters. The Balaban J connectivity index is 1.66. The van der Waals surface area contributed by atoms with Gasteiger partial charge in [-0.2, -0.15) is 0 Å². The summed E-state index contributed by atoms with van der Waals surface area (Å²) >= 11 is 1.75. The summed E-state index contributed by atoms with van der Waals surface area (Å²) in [6, 6.07) is 12.4. The molecule has 0 spiro atoms. The van der Waals surface area contributed by atoms with Crippen molar-refractivity contribution in [3.8, 4) is 0 Å². The zero-order valence-electron chi connectivity index (χ0n) is 12.3. The molecule has 1 aliphatic heterocycles. The molecule has 0 saturated carbocycles. The van der Waals surface area contributed by atoms with Crippen LogP contribution in [0.2, 0.25) is 0 Å². The summed E-state index contributed by atoms with van der Waals surface area (Å²) in [5, 5.41) is 2.09. The van der Waals surface area contributed by atoms with E-state index in [-0.39, 0.29) is 5.91 Å². The normalized spacial score (nSPS) is 13.7. The Labute approximate surface area is 129 Å². The molecule has 0 N–H and O–H groups in total. The first kappa shape index (κ1) is 14.3. The number of rotatable bonds is 5. The number of carbonyl (C=O) groups is 1. The van der Waals surface area contributed by atoms with Crippen LogP contribution in [0.25, 0.3) is 0 Å². The third kappa shape index (κ3) is 3.17. The predicted octanol–water partition coefficient (Wildman–Crippen LogP) is 3.16. The van der Waals surface area contributed by atoms with Gasteiger partial charge in [-0.3, -0.25) is 9.69 Å². The van der Waals surface area contributed by atoms with E-state index in [0.29, 0.717) is 6.54 Å². The van der Waals surface area contributed by atoms with Crippen molar-refractivity contribution >= 4 is 22.9 Å². The summed E-state index contributed by atoms with van der Waals surface area (Å²) in [7, 11) is 0. The van der Waals surface area contributed by atoms with Crippen molar-refractivity contribution in [3.05, 3.63) is 52.2 Å². The number of anilines is 1. The van der Waals surface area contributed by atoms with E-state index in [9.17, 15) is 4.79 Å². The average molecular weight is 300 g/mol. The van der Waals surface area contributed by atoms with Gasteiger partial charge >= 0.3 is 0 Å². The summed E-state index contributed by atoms with van der Waals surface area (Å²) in [6.07, 6.45) is 0.971. The van der Waals surface area contributed by atoms with Gasteiger partial charge in [0.15, 0.2) is 0 Å². The van der Waals surface area contributed by atoms with Crippen LogP contribution in [0, 0.1) is 0 Å². The fourth-order valence-electron chi connectivity index (χ4n) is 2.78. The summed E-state index contributed by atoms with van der Waals surface area (Å²) in [4.78, 5) is 18.0. The van der Waals surface area contributed by atoms with Crippen molar-refractivity contribution in [2.75, 3.05) is 24.5 Å². The molecule has 0 saturated heterocycles. The highest BCUT2D eigenvalue weighted by Gasteiger charge is 2.25. The van der Waals surface area contributed by atoms with Crippen molar-refractivity contribution in [1.29, 1.82) is 0 Å². The molecule has 0 atom stereocenters. The van der Waals surface area contributed by atoms with E-state index in [4.69, 9.17) is 0 Å². The number of para-hydroxylation sites is 1. The number of hydrogen-bond donors (Lipinski definition) is 0. The van der Waals surface area contributed by atoms with Crippen molar-refractivity contribution in [2.24, 2.45) is 0 Å². The maximum atomic E-state index is 12.6. The second-order valence-electron chi connectivity index (χ2n) is 5.31. The van der Waals surface area contributed by atoms with Crippen LogP contribution >= 0.6 is 11.3 Å². The Hall–Kier alpha value is -1.65. The number of nitrogens with zero attached hydrogens (tertiary/aromatic N) is 2.